The summed E-state index contributed by atoms with van der Waals surface area (Å²) in [7, 11) is 2.00. The van der Waals surface area contributed by atoms with Gasteiger partial charge in [-0.15, -0.1) is 0 Å². The molecule has 3 heteroatoms. The van der Waals surface area contributed by atoms with Crippen molar-refractivity contribution in [2.75, 3.05) is 11.9 Å². The number of aliphatic hydroxyl groups excluding tert-OH is 1. The third kappa shape index (κ3) is 3.32. The fourth-order valence-electron chi connectivity index (χ4n) is 2.05. The number of benzene rings is 2. The number of hydrogen-bond acceptors (Lipinski definition) is 2. The van der Waals surface area contributed by atoms with Crippen molar-refractivity contribution < 1.29 is 9.50 Å². The molecule has 1 N–H and O–H groups in total. The summed E-state index contributed by atoms with van der Waals surface area (Å²) >= 11 is 0. The van der Waals surface area contributed by atoms with Crippen molar-refractivity contribution in [2.24, 2.45) is 0 Å². The maximum Gasteiger partial charge on any atom is 0.123 e. The molecule has 0 atom stereocenters. The SMILES string of the molecule is Cc1cc(N(C)Cc2ccc(F)cc2)ccc1CO. The van der Waals surface area contributed by atoms with Gasteiger partial charge in [-0.05, 0) is 47.9 Å². The summed E-state index contributed by atoms with van der Waals surface area (Å²) in [5.41, 5.74) is 4.16. The molecule has 0 unspecified atom stereocenters. The van der Waals surface area contributed by atoms with E-state index >= 15 is 0 Å². The summed E-state index contributed by atoms with van der Waals surface area (Å²) in [5.74, 6) is -0.213. The lowest BCUT2D eigenvalue weighted by molar-refractivity contribution is 0.281. The first-order valence-corrected chi connectivity index (χ1v) is 6.26. The normalized spacial score (nSPS) is 10.5. The van der Waals surface area contributed by atoms with Gasteiger partial charge in [-0.1, -0.05) is 18.2 Å². The van der Waals surface area contributed by atoms with Crippen LogP contribution >= 0.6 is 0 Å². The molecule has 0 saturated heterocycles. The van der Waals surface area contributed by atoms with E-state index < -0.39 is 0 Å². The quantitative estimate of drug-likeness (QED) is 0.911. The van der Waals surface area contributed by atoms with E-state index in [0.717, 1.165) is 28.9 Å². The van der Waals surface area contributed by atoms with Gasteiger partial charge in [0, 0.05) is 19.3 Å². The standard InChI is InChI=1S/C16H18FNO/c1-12-9-16(8-5-14(12)11-19)18(2)10-13-3-6-15(17)7-4-13/h3-9,19H,10-11H2,1-2H3. The van der Waals surface area contributed by atoms with Crippen LogP contribution in [-0.2, 0) is 13.2 Å². The summed E-state index contributed by atoms with van der Waals surface area (Å²) in [4.78, 5) is 2.10. The molecule has 0 radical (unpaired) electrons. The Kier molecular flexibility index (Phi) is 4.17. The second-order valence-corrected chi connectivity index (χ2v) is 4.75. The predicted molar refractivity (Wildman–Crippen MR) is 75.6 cm³/mol. The molecule has 0 fully saturated rings. The molecule has 0 amide bonds. The van der Waals surface area contributed by atoms with Crippen LogP contribution in [0.2, 0.25) is 0 Å². The highest BCUT2D eigenvalue weighted by molar-refractivity contribution is 5.50. The molecule has 0 aliphatic heterocycles. The van der Waals surface area contributed by atoms with Gasteiger partial charge in [0.2, 0.25) is 0 Å². The van der Waals surface area contributed by atoms with E-state index in [-0.39, 0.29) is 12.4 Å². The van der Waals surface area contributed by atoms with Gasteiger partial charge in [0.15, 0.2) is 0 Å². The highest BCUT2D eigenvalue weighted by Crippen LogP contribution is 2.20. The first kappa shape index (κ1) is 13.6. The van der Waals surface area contributed by atoms with Crippen LogP contribution in [0.5, 0.6) is 0 Å². The number of hydrogen-bond donors (Lipinski definition) is 1. The highest BCUT2D eigenvalue weighted by Gasteiger charge is 2.05. The van der Waals surface area contributed by atoms with Crippen LogP contribution in [0, 0.1) is 12.7 Å². The summed E-state index contributed by atoms with van der Waals surface area (Å²) in [6.07, 6.45) is 0. The van der Waals surface area contributed by atoms with Crippen molar-refractivity contribution in [3.63, 3.8) is 0 Å². The van der Waals surface area contributed by atoms with E-state index in [0.29, 0.717) is 0 Å². The molecule has 2 aromatic rings. The molecule has 2 nitrogen and oxygen atoms in total. The number of rotatable bonds is 4. The van der Waals surface area contributed by atoms with E-state index in [1.807, 2.05) is 26.1 Å². The molecular formula is C16H18FNO. The largest absolute Gasteiger partial charge is 0.392 e. The lowest BCUT2D eigenvalue weighted by Gasteiger charge is -2.20. The van der Waals surface area contributed by atoms with Gasteiger partial charge in [-0.25, -0.2) is 4.39 Å². The minimum Gasteiger partial charge on any atom is -0.392 e. The summed E-state index contributed by atoms with van der Waals surface area (Å²) < 4.78 is 12.8. The van der Waals surface area contributed by atoms with E-state index in [1.165, 1.54) is 12.1 Å². The smallest absolute Gasteiger partial charge is 0.123 e. The molecule has 0 aliphatic rings. The van der Waals surface area contributed by atoms with Crippen LogP contribution in [-0.4, -0.2) is 12.2 Å². The second kappa shape index (κ2) is 5.85. The zero-order chi connectivity index (χ0) is 13.8. The Morgan fingerprint density at radius 2 is 1.79 bits per heavy atom. The molecule has 0 spiro atoms. The molecule has 0 aromatic heterocycles. The van der Waals surface area contributed by atoms with E-state index in [1.54, 1.807) is 12.1 Å². The molecule has 0 bridgehead atoms. The molecule has 0 heterocycles. The van der Waals surface area contributed by atoms with Crippen molar-refractivity contribution in [1.82, 2.24) is 0 Å². The number of halogens is 1. The third-order valence-corrected chi connectivity index (χ3v) is 3.27. The lowest BCUT2D eigenvalue weighted by atomic mass is 10.1. The third-order valence-electron chi connectivity index (χ3n) is 3.27. The Bertz CT molecular complexity index is 551. The van der Waals surface area contributed by atoms with Gasteiger partial charge >= 0.3 is 0 Å². The second-order valence-electron chi connectivity index (χ2n) is 4.75. The lowest BCUT2D eigenvalue weighted by Crippen LogP contribution is -2.16. The van der Waals surface area contributed by atoms with Gasteiger partial charge in [0.1, 0.15) is 5.82 Å². The summed E-state index contributed by atoms with van der Waals surface area (Å²) in [6, 6.07) is 12.5. The molecule has 0 aliphatic carbocycles. The van der Waals surface area contributed by atoms with Crippen LogP contribution in [0.25, 0.3) is 0 Å². The molecule has 0 saturated carbocycles. The maximum atomic E-state index is 12.8. The Hall–Kier alpha value is -1.87. The molecule has 2 aromatic carbocycles. The van der Waals surface area contributed by atoms with E-state index in [9.17, 15) is 4.39 Å². The summed E-state index contributed by atoms with van der Waals surface area (Å²) in [6.45, 7) is 2.77. The Balaban J connectivity index is 2.13. The van der Waals surface area contributed by atoms with Gasteiger partial charge in [0.25, 0.3) is 0 Å². The van der Waals surface area contributed by atoms with Gasteiger partial charge in [0.05, 0.1) is 6.61 Å². The topological polar surface area (TPSA) is 23.5 Å². The van der Waals surface area contributed by atoms with Gasteiger partial charge in [-0.3, -0.25) is 0 Å². The van der Waals surface area contributed by atoms with Crippen molar-refractivity contribution >= 4 is 5.69 Å². The van der Waals surface area contributed by atoms with Crippen LogP contribution in [0.1, 0.15) is 16.7 Å². The highest BCUT2D eigenvalue weighted by atomic mass is 19.1. The zero-order valence-corrected chi connectivity index (χ0v) is 11.2. The first-order chi connectivity index (χ1) is 9.10. The average Bonchev–Trinajstić information content (AvgIpc) is 2.41. The first-order valence-electron chi connectivity index (χ1n) is 6.26. The van der Waals surface area contributed by atoms with Crippen molar-refractivity contribution in [1.29, 1.82) is 0 Å². The average molecular weight is 259 g/mol. The van der Waals surface area contributed by atoms with Crippen molar-refractivity contribution in [2.45, 2.75) is 20.1 Å². The minimum absolute atomic E-state index is 0.0633. The number of aliphatic hydroxyl groups is 1. The molecule has 2 rings (SSSR count). The minimum atomic E-state index is -0.213. The van der Waals surface area contributed by atoms with Crippen LogP contribution in [0.4, 0.5) is 10.1 Å². The summed E-state index contributed by atoms with van der Waals surface area (Å²) in [5, 5.41) is 9.16. The van der Waals surface area contributed by atoms with Crippen molar-refractivity contribution in [3.8, 4) is 0 Å². The monoisotopic (exact) mass is 259 g/mol. The Morgan fingerprint density at radius 3 is 2.37 bits per heavy atom. The van der Waals surface area contributed by atoms with Crippen LogP contribution in [0.15, 0.2) is 42.5 Å². The fourth-order valence-corrected chi connectivity index (χ4v) is 2.05. The van der Waals surface area contributed by atoms with Crippen LogP contribution < -0.4 is 4.90 Å². The van der Waals surface area contributed by atoms with E-state index in [4.69, 9.17) is 5.11 Å². The predicted octanol–water partition coefficient (Wildman–Crippen LogP) is 3.26. The van der Waals surface area contributed by atoms with Crippen LogP contribution in [0.3, 0.4) is 0 Å². The van der Waals surface area contributed by atoms with Gasteiger partial charge < -0.3 is 10.0 Å². The fraction of sp³-hybridized carbons (Fsp3) is 0.250. The number of aryl methyl sites for hydroxylation is 1. The molecule has 19 heavy (non-hydrogen) atoms. The Morgan fingerprint density at radius 1 is 1.11 bits per heavy atom. The number of nitrogens with zero attached hydrogens (tertiary/aromatic N) is 1. The number of anilines is 1. The van der Waals surface area contributed by atoms with Crippen molar-refractivity contribution in [3.05, 3.63) is 65.0 Å². The zero-order valence-electron chi connectivity index (χ0n) is 11.2. The molecular weight excluding hydrogens is 241 g/mol. The maximum absolute atomic E-state index is 12.8. The van der Waals surface area contributed by atoms with E-state index in [2.05, 4.69) is 11.0 Å². The van der Waals surface area contributed by atoms with Gasteiger partial charge in [-0.2, -0.15) is 0 Å². The Labute approximate surface area is 113 Å². The molecule has 100 valence electrons.